The summed E-state index contributed by atoms with van der Waals surface area (Å²) in [4.78, 5) is 0. The first-order valence-corrected chi connectivity index (χ1v) is 6.43. The minimum atomic E-state index is -4.42. The lowest BCUT2D eigenvalue weighted by Crippen LogP contribution is -2.11. The summed E-state index contributed by atoms with van der Waals surface area (Å²) in [6.45, 7) is 3.71. The lowest BCUT2D eigenvalue weighted by Gasteiger charge is -2.13. The summed E-state index contributed by atoms with van der Waals surface area (Å²) in [6, 6.07) is 3.73. The molecule has 0 saturated heterocycles. The van der Waals surface area contributed by atoms with E-state index in [9.17, 15) is 13.2 Å². The number of nitrogens with two attached hydrogens (primary N) is 1. The molecule has 1 aromatic heterocycles. The fourth-order valence-electron chi connectivity index (χ4n) is 1.87. The Labute approximate surface area is 120 Å². The molecule has 2 rings (SSSR count). The molecule has 0 spiro atoms. The maximum Gasteiger partial charge on any atom is 0.416 e. The van der Waals surface area contributed by atoms with Crippen LogP contribution in [-0.2, 0) is 12.7 Å². The van der Waals surface area contributed by atoms with Crippen molar-refractivity contribution in [3.05, 3.63) is 41.7 Å². The summed E-state index contributed by atoms with van der Waals surface area (Å²) in [5.74, 6) is 0.762. The number of ether oxygens (including phenoxy) is 1. The first-order chi connectivity index (χ1) is 9.81. The van der Waals surface area contributed by atoms with Gasteiger partial charge in [0.1, 0.15) is 5.75 Å². The molecule has 0 amide bonds. The summed E-state index contributed by atoms with van der Waals surface area (Å²) >= 11 is 0. The molecular weight excluding hydrogens is 283 g/mol. The van der Waals surface area contributed by atoms with Gasteiger partial charge in [0.2, 0.25) is 0 Å². The number of hydrogen-bond acceptors (Lipinski definition) is 3. The summed E-state index contributed by atoms with van der Waals surface area (Å²) < 4.78 is 45.5. The zero-order valence-corrected chi connectivity index (χ0v) is 11.7. The molecule has 0 aliphatic carbocycles. The van der Waals surface area contributed by atoms with Crippen LogP contribution in [0.4, 0.5) is 13.2 Å². The Morgan fingerprint density at radius 1 is 1.29 bits per heavy atom. The monoisotopic (exact) mass is 299 g/mol. The van der Waals surface area contributed by atoms with Gasteiger partial charge in [-0.15, -0.1) is 0 Å². The Balaban J connectivity index is 2.24. The van der Waals surface area contributed by atoms with Crippen molar-refractivity contribution < 1.29 is 17.9 Å². The van der Waals surface area contributed by atoms with Crippen LogP contribution in [0.2, 0.25) is 0 Å². The molecule has 7 heteroatoms. The minimum Gasteiger partial charge on any atom is -0.454 e. The topological polar surface area (TPSA) is 53.1 Å². The van der Waals surface area contributed by atoms with Crippen LogP contribution in [0.5, 0.6) is 11.5 Å². The molecular formula is C14H16F3N3O. The van der Waals surface area contributed by atoms with E-state index in [1.807, 2.05) is 13.8 Å². The Morgan fingerprint density at radius 2 is 2.00 bits per heavy atom. The number of alkyl halides is 3. The number of hydrogen-bond donors (Lipinski definition) is 1. The molecule has 0 radical (unpaired) electrons. The standard InChI is InChI=1S/C14H16F3N3O/c1-9(2)20-8-12(7-19-20)21-11-3-4-13(14(15,16)17)10(5-11)6-18/h3-5,7-9H,6,18H2,1-2H3. The van der Waals surface area contributed by atoms with Gasteiger partial charge in [-0.05, 0) is 37.6 Å². The van der Waals surface area contributed by atoms with Crippen molar-refractivity contribution >= 4 is 0 Å². The van der Waals surface area contributed by atoms with E-state index in [0.29, 0.717) is 11.5 Å². The van der Waals surface area contributed by atoms with E-state index in [1.54, 1.807) is 10.9 Å². The predicted molar refractivity (Wildman–Crippen MR) is 72.0 cm³/mol. The summed E-state index contributed by atoms with van der Waals surface area (Å²) in [6.07, 6.45) is -1.22. The third-order valence-electron chi connectivity index (χ3n) is 2.94. The maximum atomic E-state index is 12.8. The molecule has 1 heterocycles. The molecule has 0 unspecified atom stereocenters. The summed E-state index contributed by atoms with van der Waals surface area (Å²) in [7, 11) is 0. The number of benzene rings is 1. The molecule has 1 aromatic carbocycles. The van der Waals surface area contributed by atoms with Gasteiger partial charge in [0.05, 0.1) is 18.0 Å². The van der Waals surface area contributed by atoms with Gasteiger partial charge in [-0.3, -0.25) is 4.68 Å². The predicted octanol–water partition coefficient (Wildman–Crippen LogP) is 3.73. The highest BCUT2D eigenvalue weighted by Gasteiger charge is 2.33. The zero-order valence-electron chi connectivity index (χ0n) is 11.7. The SMILES string of the molecule is CC(C)n1cc(Oc2ccc(C(F)(F)F)c(CN)c2)cn1. The van der Waals surface area contributed by atoms with E-state index in [0.717, 1.165) is 6.07 Å². The molecule has 0 aliphatic rings. The summed E-state index contributed by atoms with van der Waals surface area (Å²) in [5, 5.41) is 4.10. The van der Waals surface area contributed by atoms with Crippen molar-refractivity contribution in [1.82, 2.24) is 9.78 Å². The van der Waals surface area contributed by atoms with Crippen LogP contribution < -0.4 is 10.5 Å². The van der Waals surface area contributed by atoms with Crippen molar-refractivity contribution in [2.45, 2.75) is 32.6 Å². The Morgan fingerprint density at radius 3 is 2.52 bits per heavy atom. The second-order valence-corrected chi connectivity index (χ2v) is 4.87. The quantitative estimate of drug-likeness (QED) is 0.935. The molecule has 114 valence electrons. The van der Waals surface area contributed by atoms with Gasteiger partial charge in [0, 0.05) is 12.6 Å². The fraction of sp³-hybridized carbons (Fsp3) is 0.357. The van der Waals surface area contributed by atoms with Crippen molar-refractivity contribution in [3.63, 3.8) is 0 Å². The van der Waals surface area contributed by atoms with E-state index in [-0.39, 0.29) is 18.2 Å². The molecule has 0 saturated carbocycles. The third-order valence-corrected chi connectivity index (χ3v) is 2.94. The largest absolute Gasteiger partial charge is 0.454 e. The van der Waals surface area contributed by atoms with Crippen LogP contribution in [0.15, 0.2) is 30.6 Å². The molecule has 0 bridgehead atoms. The highest BCUT2D eigenvalue weighted by atomic mass is 19.4. The lowest BCUT2D eigenvalue weighted by atomic mass is 10.1. The van der Waals surface area contributed by atoms with Gasteiger partial charge in [-0.25, -0.2) is 0 Å². The Hall–Kier alpha value is -2.02. The Bertz CT molecular complexity index is 620. The van der Waals surface area contributed by atoms with Crippen LogP contribution in [-0.4, -0.2) is 9.78 Å². The van der Waals surface area contributed by atoms with Crippen molar-refractivity contribution in [2.24, 2.45) is 5.73 Å². The first-order valence-electron chi connectivity index (χ1n) is 6.43. The summed E-state index contributed by atoms with van der Waals surface area (Å²) in [5.41, 5.74) is 4.64. The highest BCUT2D eigenvalue weighted by Crippen LogP contribution is 2.34. The fourth-order valence-corrected chi connectivity index (χ4v) is 1.87. The molecule has 21 heavy (non-hydrogen) atoms. The molecule has 0 aliphatic heterocycles. The third kappa shape index (κ3) is 3.55. The van der Waals surface area contributed by atoms with Gasteiger partial charge in [0.25, 0.3) is 0 Å². The van der Waals surface area contributed by atoms with Gasteiger partial charge >= 0.3 is 6.18 Å². The second-order valence-electron chi connectivity index (χ2n) is 4.87. The number of nitrogens with zero attached hydrogens (tertiary/aromatic N) is 2. The lowest BCUT2D eigenvalue weighted by molar-refractivity contribution is -0.138. The molecule has 4 nitrogen and oxygen atoms in total. The van der Waals surface area contributed by atoms with Gasteiger partial charge in [0.15, 0.2) is 5.75 Å². The van der Waals surface area contributed by atoms with Crippen molar-refractivity contribution in [3.8, 4) is 11.5 Å². The van der Waals surface area contributed by atoms with Crippen LogP contribution in [0.1, 0.15) is 31.0 Å². The molecule has 0 atom stereocenters. The number of rotatable bonds is 4. The normalized spacial score (nSPS) is 12.0. The van der Waals surface area contributed by atoms with E-state index in [1.165, 1.54) is 18.3 Å². The van der Waals surface area contributed by atoms with E-state index in [4.69, 9.17) is 10.5 Å². The van der Waals surface area contributed by atoms with Crippen molar-refractivity contribution in [2.75, 3.05) is 0 Å². The average molecular weight is 299 g/mol. The number of aromatic nitrogens is 2. The van der Waals surface area contributed by atoms with Crippen LogP contribution in [0.3, 0.4) is 0 Å². The van der Waals surface area contributed by atoms with Crippen LogP contribution in [0.25, 0.3) is 0 Å². The van der Waals surface area contributed by atoms with Crippen LogP contribution >= 0.6 is 0 Å². The van der Waals surface area contributed by atoms with Crippen LogP contribution in [0, 0.1) is 0 Å². The average Bonchev–Trinajstić information content (AvgIpc) is 2.86. The highest BCUT2D eigenvalue weighted by molar-refractivity contribution is 5.39. The van der Waals surface area contributed by atoms with Gasteiger partial charge in [-0.1, -0.05) is 0 Å². The zero-order chi connectivity index (χ0) is 15.6. The van der Waals surface area contributed by atoms with Gasteiger partial charge < -0.3 is 10.5 Å². The van der Waals surface area contributed by atoms with E-state index in [2.05, 4.69) is 5.10 Å². The first kappa shape index (κ1) is 15.4. The Kier molecular flexibility index (Phi) is 4.22. The smallest absolute Gasteiger partial charge is 0.416 e. The minimum absolute atomic E-state index is 0.00347. The van der Waals surface area contributed by atoms with E-state index >= 15 is 0 Å². The van der Waals surface area contributed by atoms with Gasteiger partial charge in [-0.2, -0.15) is 18.3 Å². The molecule has 2 N–H and O–H groups in total. The van der Waals surface area contributed by atoms with E-state index < -0.39 is 11.7 Å². The van der Waals surface area contributed by atoms with Crippen molar-refractivity contribution in [1.29, 1.82) is 0 Å². The molecule has 2 aromatic rings. The molecule has 0 fully saturated rings. The number of halogens is 3. The second kappa shape index (κ2) is 5.77. The maximum absolute atomic E-state index is 12.8.